The van der Waals surface area contributed by atoms with E-state index in [1.807, 2.05) is 210 Å². The summed E-state index contributed by atoms with van der Waals surface area (Å²) in [7, 11) is 0. The number of para-hydroxylation sites is 4. The highest BCUT2D eigenvalue weighted by Gasteiger charge is 2.42. The van der Waals surface area contributed by atoms with Gasteiger partial charge in [-0.1, -0.05) is 121 Å². The van der Waals surface area contributed by atoms with Crippen LogP contribution >= 0.6 is 0 Å². The first-order valence-electron chi connectivity index (χ1n) is 40.5. The molecule has 20 rings (SSSR count). The molecule has 8 aromatic heterocycles. The Balaban J connectivity index is 0.000000111. The third-order valence-corrected chi connectivity index (χ3v) is 20.7. The van der Waals surface area contributed by atoms with E-state index in [0.29, 0.717) is 28.8 Å². The molecule has 4 aliphatic rings. The molecule has 0 bridgehead atoms. The largest absolute Gasteiger partial charge is 0.454 e. The predicted octanol–water partition coefficient (Wildman–Crippen LogP) is 22.5. The zero-order valence-electron chi connectivity index (χ0n) is 70.6. The van der Waals surface area contributed by atoms with Crippen molar-refractivity contribution >= 4 is 157 Å². The van der Waals surface area contributed by atoms with Gasteiger partial charge in [-0.15, -0.1) is 0 Å². The Kier molecular flexibility index (Phi) is 13.2. The number of rotatable bonds is 6. The van der Waals surface area contributed by atoms with Crippen molar-refractivity contribution in [3.05, 3.63) is 241 Å². The molecule has 5 atom stereocenters. The minimum Gasteiger partial charge on any atom is -0.454 e. The normalized spacial score (nSPS) is 19.4. The van der Waals surface area contributed by atoms with E-state index < -0.39 is 51.3 Å². The molecule has 0 N–H and O–H groups in total. The SMILES string of the molecule is [2H]C(C)(C)N1c2cccnc2N(c2c(C)ccc3c2oc2ccccc23)C1C.[2H]C([2H])([2H])C([2H])(C)N1c2cccnc2N(c2c(C)ccc3c2oc2ccccc23)C1C.[2H]C([2H])([2H])N1c2cccnc2N(c2c(C)ccc3c2oc2ccccc23)C1C.[2H]C([2H])([2H])N1c2ncccc2N(c2c(C)ccc3c2oc2ccccc23)C1C. The first kappa shape index (κ1) is 53.8. The molecule has 0 saturated heterocycles. The third kappa shape index (κ3) is 10.2. The monoisotopic (exact) mass is 1380 g/mol. The quantitative estimate of drug-likeness (QED) is 0.156. The Morgan fingerprint density at radius 1 is 0.317 bits per heavy atom. The van der Waals surface area contributed by atoms with E-state index in [9.17, 15) is 0 Å². The standard InChI is InChI=1S/2C23H23N3O.2C21H19N3O/c2*1-14(2)25-16(4)26(23-19(25)9-7-13-24-23)21-15(3)11-12-18-17-8-5-6-10-20(17)27-22(18)21;1-13-10-11-16-15-7-4-5-9-18(15)25-20(16)19(13)24-14(2)23(3)21-17(24)8-6-12-22-21;1-13-10-11-16-15-7-4-5-9-18(15)25-20(16)19(13)24-14(2)23(3)17-8-6-12-22-21(17)24/h2*5-14,16H,1-4H3;2*4-12,14H,1-3H3/i1D3,14D;14D;2*3D3. The van der Waals surface area contributed by atoms with E-state index >= 15 is 0 Å². The number of pyridine rings is 4. The van der Waals surface area contributed by atoms with Gasteiger partial charge in [-0.3, -0.25) is 0 Å². The van der Waals surface area contributed by atoms with E-state index in [-0.39, 0.29) is 6.17 Å². The van der Waals surface area contributed by atoms with Crippen LogP contribution < -0.4 is 39.2 Å². The molecule has 0 amide bonds. The Hall–Kier alpha value is -12.0. The molecule has 12 heterocycles. The van der Waals surface area contributed by atoms with Crippen LogP contribution in [0.15, 0.2) is 237 Å². The number of benzene rings is 8. The highest BCUT2D eigenvalue weighted by Crippen LogP contribution is 2.53. The lowest BCUT2D eigenvalue weighted by molar-refractivity contribution is 0.602. The van der Waals surface area contributed by atoms with Crippen molar-refractivity contribution in [1.82, 2.24) is 19.9 Å². The first-order chi connectivity index (χ1) is 54.8. The van der Waals surface area contributed by atoms with Crippen molar-refractivity contribution in [2.45, 2.75) is 120 Å². The number of aromatic nitrogens is 4. The maximum absolute atomic E-state index is 8.78. The fraction of sp³-hybridized carbons (Fsp3) is 0.227. The van der Waals surface area contributed by atoms with Crippen molar-refractivity contribution in [1.29, 1.82) is 0 Å². The Labute approximate surface area is 620 Å². The van der Waals surface area contributed by atoms with Crippen LogP contribution in [0.25, 0.3) is 87.8 Å². The summed E-state index contributed by atoms with van der Waals surface area (Å²) in [5.74, 6) is 2.57. The van der Waals surface area contributed by atoms with Crippen LogP contribution in [0.3, 0.4) is 0 Å². The van der Waals surface area contributed by atoms with Crippen LogP contribution in [0.5, 0.6) is 0 Å². The van der Waals surface area contributed by atoms with Gasteiger partial charge >= 0.3 is 0 Å². The average molecular weight is 1380 g/mol. The molecule has 0 aliphatic carbocycles. The van der Waals surface area contributed by atoms with Gasteiger partial charge in [-0.2, -0.15) is 0 Å². The summed E-state index contributed by atoms with van der Waals surface area (Å²) < 4.78 is 115. The smallest absolute Gasteiger partial charge is 0.159 e. The number of aryl methyl sites for hydroxylation is 4. The van der Waals surface area contributed by atoms with E-state index in [4.69, 9.17) is 37.7 Å². The fourth-order valence-corrected chi connectivity index (χ4v) is 16.0. The zero-order valence-corrected chi connectivity index (χ0v) is 59.6. The van der Waals surface area contributed by atoms with E-state index in [0.717, 1.165) is 150 Å². The maximum atomic E-state index is 8.78. The van der Waals surface area contributed by atoms with Gasteiger partial charge in [-0.05, 0) is 178 Å². The number of anilines is 12. The number of nitrogens with zero attached hydrogens (tertiary/aromatic N) is 12. The second-order valence-corrected chi connectivity index (χ2v) is 27.2. The lowest BCUT2D eigenvalue weighted by atomic mass is 10.1. The van der Waals surface area contributed by atoms with Crippen LogP contribution in [0.4, 0.5) is 68.8 Å². The first-order valence-corrected chi connectivity index (χ1v) is 35.0. The molecule has 0 radical (unpaired) electrons. The van der Waals surface area contributed by atoms with Crippen LogP contribution in [0.1, 0.15) is 92.7 Å². The van der Waals surface area contributed by atoms with Crippen LogP contribution in [0.2, 0.25) is 0 Å². The van der Waals surface area contributed by atoms with E-state index in [2.05, 4.69) is 81.1 Å². The summed E-state index contributed by atoms with van der Waals surface area (Å²) in [5.41, 5.74) is 17.1. The van der Waals surface area contributed by atoms with Gasteiger partial charge in [0.2, 0.25) is 0 Å². The summed E-state index contributed by atoms with van der Waals surface area (Å²) in [4.78, 5) is 33.0. The van der Waals surface area contributed by atoms with Gasteiger partial charge in [0.05, 0.1) is 48.2 Å². The molecule has 5 unspecified atom stereocenters. The summed E-state index contributed by atoms with van der Waals surface area (Å²) in [6.07, 6.45) is 5.43. The maximum Gasteiger partial charge on any atom is 0.159 e. The molecule has 16 nitrogen and oxygen atoms in total. The van der Waals surface area contributed by atoms with Gasteiger partial charge in [0, 0.05) is 106 Å². The molecule has 16 aromatic rings. The summed E-state index contributed by atoms with van der Waals surface area (Å²) in [6.45, 7) is 14.1. The van der Waals surface area contributed by atoms with E-state index in [1.165, 1.54) is 16.7 Å². The second-order valence-electron chi connectivity index (χ2n) is 27.2. The molecule has 0 spiro atoms. The molecular formula is C88H84N12O4. The predicted molar refractivity (Wildman–Crippen MR) is 429 cm³/mol. The van der Waals surface area contributed by atoms with Crippen molar-refractivity contribution in [2.24, 2.45) is 0 Å². The van der Waals surface area contributed by atoms with Crippen LogP contribution in [0, 0.1) is 27.7 Å². The number of hydrogen-bond acceptors (Lipinski definition) is 16. The molecule has 520 valence electrons. The van der Waals surface area contributed by atoms with E-state index in [1.54, 1.807) is 41.7 Å². The Bertz CT molecular complexity index is 6050. The van der Waals surface area contributed by atoms with Gasteiger partial charge in [0.15, 0.2) is 45.6 Å². The van der Waals surface area contributed by atoms with Gasteiger partial charge in [0.1, 0.15) is 47.0 Å². The minimum absolute atomic E-state index is 0.0603. The van der Waals surface area contributed by atoms with Crippen molar-refractivity contribution in [3.63, 3.8) is 0 Å². The molecule has 0 fully saturated rings. The molecule has 0 saturated carbocycles. The highest BCUT2D eigenvalue weighted by molar-refractivity contribution is 6.14. The molecule has 16 heteroatoms. The minimum atomic E-state index is -2.51. The van der Waals surface area contributed by atoms with Crippen LogP contribution in [-0.2, 0) is 0 Å². The van der Waals surface area contributed by atoms with Crippen molar-refractivity contribution < 1.29 is 32.7 Å². The van der Waals surface area contributed by atoms with Gasteiger partial charge < -0.3 is 56.9 Å². The van der Waals surface area contributed by atoms with Crippen LogP contribution in [-0.4, -0.2) is 70.6 Å². The second kappa shape index (κ2) is 25.5. The molecule has 104 heavy (non-hydrogen) atoms. The average Bonchev–Trinajstić information content (AvgIpc) is 1.58. The lowest BCUT2D eigenvalue weighted by Gasteiger charge is -2.33. The molecule has 4 aliphatic heterocycles. The zero-order chi connectivity index (χ0) is 81.0. The summed E-state index contributed by atoms with van der Waals surface area (Å²) in [5, 5.41) is 8.34. The van der Waals surface area contributed by atoms with Crippen molar-refractivity contribution in [3.8, 4) is 0 Å². The fourth-order valence-electron chi connectivity index (χ4n) is 16.0. The summed E-state index contributed by atoms with van der Waals surface area (Å²) >= 11 is 0. The third-order valence-electron chi connectivity index (χ3n) is 20.7. The molecular weight excluding hydrogens is 1290 g/mol. The molecule has 8 aromatic carbocycles. The Morgan fingerprint density at radius 2 is 0.625 bits per heavy atom. The summed E-state index contributed by atoms with van der Waals surface area (Å²) in [6, 6.07) is 60.7. The number of fused-ring (bicyclic) bond motifs is 16. The Morgan fingerprint density at radius 3 is 0.990 bits per heavy atom. The van der Waals surface area contributed by atoms with Gasteiger partial charge in [0.25, 0.3) is 0 Å². The van der Waals surface area contributed by atoms with Crippen molar-refractivity contribution in [2.75, 3.05) is 53.2 Å². The number of furan rings is 4. The van der Waals surface area contributed by atoms with Gasteiger partial charge in [-0.25, -0.2) is 19.9 Å². The lowest BCUT2D eigenvalue weighted by Crippen LogP contribution is -2.42. The highest BCUT2D eigenvalue weighted by atomic mass is 16.3. The topological polar surface area (TPSA) is 130 Å². The number of hydrogen-bond donors (Lipinski definition) is 0.